The summed E-state index contributed by atoms with van der Waals surface area (Å²) in [5, 5.41) is 3.43. The zero-order valence-corrected chi connectivity index (χ0v) is 12.0. The average Bonchev–Trinajstić information content (AvgIpc) is 2.34. The Bertz CT molecular complexity index is 409. The molecule has 1 atom stereocenters. The van der Waals surface area contributed by atoms with Crippen LogP contribution in [0.2, 0.25) is 0 Å². The van der Waals surface area contributed by atoms with Crippen LogP contribution in [0.4, 0.5) is 4.39 Å². The summed E-state index contributed by atoms with van der Waals surface area (Å²) in [4.78, 5) is 2.54. The van der Waals surface area contributed by atoms with Gasteiger partial charge in [-0.15, -0.1) is 12.4 Å². The predicted molar refractivity (Wildman–Crippen MR) is 78.2 cm³/mol. The number of piperazine rings is 1. The van der Waals surface area contributed by atoms with E-state index in [0.29, 0.717) is 6.04 Å². The lowest BCUT2D eigenvalue weighted by molar-refractivity contribution is 0.110. The third kappa shape index (κ3) is 3.47. The lowest BCUT2D eigenvalue weighted by Gasteiger charge is -2.40. The van der Waals surface area contributed by atoms with Crippen LogP contribution in [0.1, 0.15) is 30.9 Å². The normalized spacial score (nSPS) is 24.6. The molecule has 106 valence electrons. The molecule has 19 heavy (non-hydrogen) atoms. The molecule has 0 amide bonds. The van der Waals surface area contributed by atoms with Crippen molar-refractivity contribution in [1.29, 1.82) is 0 Å². The van der Waals surface area contributed by atoms with Gasteiger partial charge < -0.3 is 5.32 Å². The molecule has 1 unspecified atom stereocenters. The van der Waals surface area contributed by atoms with Crippen LogP contribution in [0.15, 0.2) is 24.3 Å². The van der Waals surface area contributed by atoms with Gasteiger partial charge in [-0.3, -0.25) is 4.90 Å². The maximum absolute atomic E-state index is 13.4. The van der Waals surface area contributed by atoms with E-state index in [9.17, 15) is 4.39 Å². The number of hydrogen-bond donors (Lipinski definition) is 1. The van der Waals surface area contributed by atoms with Gasteiger partial charge in [-0.2, -0.15) is 0 Å². The Labute approximate surface area is 120 Å². The summed E-state index contributed by atoms with van der Waals surface area (Å²) in [5.41, 5.74) is 1.11. The van der Waals surface area contributed by atoms with Crippen molar-refractivity contribution < 1.29 is 4.39 Å². The van der Waals surface area contributed by atoms with E-state index in [4.69, 9.17) is 0 Å². The summed E-state index contributed by atoms with van der Waals surface area (Å²) < 4.78 is 13.4. The van der Waals surface area contributed by atoms with Gasteiger partial charge in [0.2, 0.25) is 0 Å². The van der Waals surface area contributed by atoms with Crippen LogP contribution < -0.4 is 5.32 Å². The maximum atomic E-state index is 13.4. The minimum Gasteiger partial charge on any atom is -0.314 e. The monoisotopic (exact) mass is 284 g/mol. The molecule has 2 nitrogen and oxygen atoms in total. The molecule has 2 aliphatic rings. The molecule has 1 saturated heterocycles. The lowest BCUT2D eigenvalue weighted by Crippen LogP contribution is -2.48. The number of nitrogens with one attached hydrogen (secondary N) is 1. The van der Waals surface area contributed by atoms with Crippen molar-refractivity contribution in [2.75, 3.05) is 26.2 Å². The second-order valence-electron chi connectivity index (χ2n) is 5.57. The second-order valence-corrected chi connectivity index (χ2v) is 5.57. The summed E-state index contributed by atoms with van der Waals surface area (Å²) in [5.74, 6) is 0.751. The Hall–Kier alpha value is -0.640. The van der Waals surface area contributed by atoms with Gasteiger partial charge in [0.05, 0.1) is 0 Å². The number of nitrogens with zero attached hydrogens (tertiary/aromatic N) is 1. The van der Waals surface area contributed by atoms with Crippen LogP contribution in [0.3, 0.4) is 0 Å². The number of halogens is 2. The average molecular weight is 285 g/mol. The molecule has 0 bridgehead atoms. The highest BCUT2D eigenvalue weighted by Gasteiger charge is 2.28. The van der Waals surface area contributed by atoms with Crippen LogP contribution in [-0.4, -0.2) is 31.1 Å². The van der Waals surface area contributed by atoms with E-state index in [1.807, 2.05) is 6.07 Å². The molecule has 0 radical (unpaired) electrons. The van der Waals surface area contributed by atoms with Crippen LogP contribution in [0.5, 0.6) is 0 Å². The van der Waals surface area contributed by atoms with E-state index in [1.165, 1.54) is 31.9 Å². The predicted octanol–water partition coefficient (Wildman–Crippen LogP) is 2.99. The summed E-state index contributed by atoms with van der Waals surface area (Å²) in [6.45, 7) is 4.26. The fraction of sp³-hybridized carbons (Fsp3) is 0.600. The zero-order valence-electron chi connectivity index (χ0n) is 11.1. The first-order chi connectivity index (χ1) is 8.83. The smallest absolute Gasteiger partial charge is 0.123 e. The van der Waals surface area contributed by atoms with Crippen LogP contribution in [0.25, 0.3) is 0 Å². The first-order valence-electron chi connectivity index (χ1n) is 7.03. The van der Waals surface area contributed by atoms with Crippen LogP contribution in [0, 0.1) is 11.7 Å². The molecule has 1 aromatic rings. The summed E-state index contributed by atoms with van der Waals surface area (Å²) in [6.07, 6.45) is 4.14. The maximum Gasteiger partial charge on any atom is 0.123 e. The fourth-order valence-corrected chi connectivity index (χ4v) is 3.01. The van der Waals surface area contributed by atoms with Crippen molar-refractivity contribution in [3.63, 3.8) is 0 Å². The molecule has 2 fully saturated rings. The summed E-state index contributed by atoms with van der Waals surface area (Å²) in [6, 6.07) is 7.42. The van der Waals surface area contributed by atoms with E-state index >= 15 is 0 Å². The van der Waals surface area contributed by atoms with Crippen LogP contribution in [-0.2, 0) is 0 Å². The van der Waals surface area contributed by atoms with E-state index in [-0.39, 0.29) is 18.2 Å². The van der Waals surface area contributed by atoms with Gasteiger partial charge >= 0.3 is 0 Å². The molecule has 0 aromatic heterocycles. The number of rotatable bonds is 3. The van der Waals surface area contributed by atoms with Gasteiger partial charge in [0.25, 0.3) is 0 Å². The summed E-state index contributed by atoms with van der Waals surface area (Å²) >= 11 is 0. The largest absolute Gasteiger partial charge is 0.314 e. The van der Waals surface area contributed by atoms with Gasteiger partial charge in [-0.1, -0.05) is 18.6 Å². The van der Waals surface area contributed by atoms with Crippen LogP contribution >= 0.6 is 12.4 Å². The van der Waals surface area contributed by atoms with E-state index < -0.39 is 0 Å². The topological polar surface area (TPSA) is 15.3 Å². The number of hydrogen-bond acceptors (Lipinski definition) is 2. The van der Waals surface area contributed by atoms with Gasteiger partial charge in [-0.25, -0.2) is 4.39 Å². The highest BCUT2D eigenvalue weighted by molar-refractivity contribution is 5.85. The minimum atomic E-state index is -0.123. The van der Waals surface area contributed by atoms with Crippen molar-refractivity contribution >= 4 is 12.4 Å². The van der Waals surface area contributed by atoms with Crippen molar-refractivity contribution in [1.82, 2.24) is 10.2 Å². The lowest BCUT2D eigenvalue weighted by atomic mass is 9.84. The SMILES string of the molecule is Cl.Fc1cccc(C2CNCCN2CC2CCC2)c1. The molecule has 3 rings (SSSR count). The highest BCUT2D eigenvalue weighted by atomic mass is 35.5. The zero-order chi connectivity index (χ0) is 12.4. The third-order valence-corrected chi connectivity index (χ3v) is 4.31. The molecule has 1 heterocycles. The molecule has 4 heteroatoms. The standard InChI is InChI=1S/C15H21FN2.ClH/c16-14-6-2-5-13(9-14)15-10-17-7-8-18(15)11-12-3-1-4-12;/h2,5-6,9,12,15,17H,1,3-4,7-8,10-11H2;1H. The quantitative estimate of drug-likeness (QED) is 0.918. The van der Waals surface area contributed by atoms with E-state index in [2.05, 4.69) is 16.3 Å². The Kier molecular flexibility index (Phi) is 5.20. The third-order valence-electron chi connectivity index (χ3n) is 4.31. The van der Waals surface area contributed by atoms with Crippen molar-refractivity contribution in [3.8, 4) is 0 Å². The molecule has 1 saturated carbocycles. The molecular weight excluding hydrogens is 263 g/mol. The number of benzene rings is 1. The Morgan fingerprint density at radius 2 is 2.16 bits per heavy atom. The Morgan fingerprint density at radius 3 is 2.84 bits per heavy atom. The molecule has 1 aliphatic carbocycles. The fourth-order valence-electron chi connectivity index (χ4n) is 3.01. The first-order valence-corrected chi connectivity index (χ1v) is 7.03. The van der Waals surface area contributed by atoms with Crippen molar-refractivity contribution in [2.24, 2.45) is 5.92 Å². The first kappa shape index (κ1) is 14.8. The van der Waals surface area contributed by atoms with Gasteiger partial charge in [-0.05, 0) is 36.5 Å². The van der Waals surface area contributed by atoms with Crippen molar-refractivity contribution in [3.05, 3.63) is 35.6 Å². The molecule has 0 spiro atoms. The van der Waals surface area contributed by atoms with Gasteiger partial charge in [0, 0.05) is 32.2 Å². The van der Waals surface area contributed by atoms with E-state index in [0.717, 1.165) is 31.1 Å². The molecule has 1 aromatic carbocycles. The molecule has 1 aliphatic heterocycles. The Balaban J connectivity index is 0.00000133. The Morgan fingerprint density at radius 1 is 1.32 bits per heavy atom. The molecule has 1 N–H and O–H groups in total. The van der Waals surface area contributed by atoms with Crippen molar-refractivity contribution in [2.45, 2.75) is 25.3 Å². The van der Waals surface area contributed by atoms with Gasteiger partial charge in [0.15, 0.2) is 0 Å². The highest BCUT2D eigenvalue weighted by Crippen LogP contribution is 2.31. The molecular formula is C15H22ClFN2. The second kappa shape index (κ2) is 6.69. The summed E-state index contributed by atoms with van der Waals surface area (Å²) in [7, 11) is 0. The van der Waals surface area contributed by atoms with E-state index in [1.54, 1.807) is 6.07 Å². The van der Waals surface area contributed by atoms with Gasteiger partial charge in [0.1, 0.15) is 5.82 Å². The minimum absolute atomic E-state index is 0.